The minimum absolute atomic E-state index is 0.0543. The van der Waals surface area contributed by atoms with Gasteiger partial charge in [-0.2, -0.15) is 0 Å². The summed E-state index contributed by atoms with van der Waals surface area (Å²) in [5, 5.41) is 4.09. The molecule has 0 saturated carbocycles. The first kappa shape index (κ1) is 15.5. The summed E-state index contributed by atoms with van der Waals surface area (Å²) < 4.78 is 24.5. The lowest BCUT2D eigenvalue weighted by atomic mass is 10.1. The number of thiophene rings is 1. The third kappa shape index (κ3) is 3.16. The SMILES string of the molecule is CS(=O)(=O)Cc1c(C(=O)N2CCNCC2)sc2ccccc12. The van der Waals surface area contributed by atoms with Crippen LogP contribution in [0.2, 0.25) is 0 Å². The van der Waals surface area contributed by atoms with Gasteiger partial charge in [0, 0.05) is 37.1 Å². The summed E-state index contributed by atoms with van der Waals surface area (Å²) >= 11 is 1.39. The predicted molar refractivity (Wildman–Crippen MR) is 89.1 cm³/mol. The summed E-state index contributed by atoms with van der Waals surface area (Å²) in [6.07, 6.45) is 1.21. The van der Waals surface area contributed by atoms with Gasteiger partial charge in [-0.05, 0) is 17.0 Å². The standard InChI is InChI=1S/C15H18N2O3S2/c1-22(19,20)10-12-11-4-2-3-5-13(11)21-14(12)15(18)17-8-6-16-7-9-17/h2-5,16H,6-10H2,1H3. The average molecular weight is 338 g/mol. The van der Waals surface area contributed by atoms with Crippen LogP contribution in [0.3, 0.4) is 0 Å². The average Bonchev–Trinajstić information content (AvgIpc) is 2.84. The summed E-state index contributed by atoms with van der Waals surface area (Å²) in [4.78, 5) is 15.2. The largest absolute Gasteiger partial charge is 0.335 e. The quantitative estimate of drug-likeness (QED) is 0.921. The second-order valence-electron chi connectivity index (χ2n) is 5.52. The van der Waals surface area contributed by atoms with Gasteiger partial charge in [-0.3, -0.25) is 4.79 Å². The number of carbonyl (C=O) groups is 1. The van der Waals surface area contributed by atoms with Gasteiger partial charge in [0.05, 0.1) is 10.6 Å². The van der Waals surface area contributed by atoms with Crippen LogP contribution < -0.4 is 5.32 Å². The topological polar surface area (TPSA) is 66.5 Å². The van der Waals surface area contributed by atoms with E-state index in [9.17, 15) is 13.2 Å². The molecule has 2 aromatic rings. The molecule has 0 bridgehead atoms. The molecular formula is C15H18N2O3S2. The molecule has 0 spiro atoms. The summed E-state index contributed by atoms with van der Waals surface area (Å²) in [6, 6.07) is 7.60. The number of rotatable bonds is 3. The molecule has 118 valence electrons. The molecule has 1 amide bonds. The number of amides is 1. The van der Waals surface area contributed by atoms with Gasteiger partial charge in [0.15, 0.2) is 9.84 Å². The van der Waals surface area contributed by atoms with Gasteiger partial charge in [-0.25, -0.2) is 8.42 Å². The number of hydrogen-bond donors (Lipinski definition) is 1. The Bertz CT molecular complexity index is 805. The number of nitrogens with one attached hydrogen (secondary N) is 1. The van der Waals surface area contributed by atoms with Gasteiger partial charge in [-0.15, -0.1) is 11.3 Å². The van der Waals surface area contributed by atoms with Gasteiger partial charge in [0.25, 0.3) is 5.91 Å². The molecule has 1 fully saturated rings. The first-order chi connectivity index (χ1) is 10.5. The van der Waals surface area contributed by atoms with Crippen molar-refractivity contribution < 1.29 is 13.2 Å². The summed E-state index contributed by atoms with van der Waals surface area (Å²) in [5.41, 5.74) is 0.645. The van der Waals surface area contributed by atoms with Crippen molar-refractivity contribution in [3.63, 3.8) is 0 Å². The maximum Gasteiger partial charge on any atom is 0.264 e. The van der Waals surface area contributed by atoms with Crippen LogP contribution in [0, 0.1) is 0 Å². The van der Waals surface area contributed by atoms with E-state index < -0.39 is 9.84 Å². The molecule has 1 N–H and O–H groups in total. The molecule has 5 nitrogen and oxygen atoms in total. The fraction of sp³-hybridized carbons (Fsp3) is 0.400. The first-order valence-electron chi connectivity index (χ1n) is 7.14. The molecule has 1 aliphatic heterocycles. The van der Waals surface area contributed by atoms with Crippen LogP contribution in [0.5, 0.6) is 0 Å². The monoisotopic (exact) mass is 338 g/mol. The molecule has 22 heavy (non-hydrogen) atoms. The molecule has 3 rings (SSSR count). The van der Waals surface area contributed by atoms with E-state index >= 15 is 0 Å². The number of benzene rings is 1. The van der Waals surface area contributed by atoms with E-state index in [0.29, 0.717) is 23.5 Å². The second-order valence-corrected chi connectivity index (χ2v) is 8.71. The zero-order chi connectivity index (χ0) is 15.7. The number of sulfone groups is 1. The van der Waals surface area contributed by atoms with Gasteiger partial charge in [0.2, 0.25) is 0 Å². The van der Waals surface area contributed by atoms with Crippen molar-refractivity contribution in [2.24, 2.45) is 0 Å². The highest BCUT2D eigenvalue weighted by molar-refractivity contribution is 7.89. The van der Waals surface area contributed by atoms with Crippen LogP contribution in [0.15, 0.2) is 24.3 Å². The van der Waals surface area contributed by atoms with Crippen molar-refractivity contribution in [1.29, 1.82) is 0 Å². The van der Waals surface area contributed by atoms with Crippen LogP contribution >= 0.6 is 11.3 Å². The molecule has 2 heterocycles. The van der Waals surface area contributed by atoms with Gasteiger partial charge in [0.1, 0.15) is 0 Å². The third-order valence-electron chi connectivity index (χ3n) is 3.70. The lowest BCUT2D eigenvalue weighted by Crippen LogP contribution is -2.46. The summed E-state index contributed by atoms with van der Waals surface area (Å²) in [5.74, 6) is -0.147. The lowest BCUT2D eigenvalue weighted by Gasteiger charge is -2.27. The number of fused-ring (bicyclic) bond motifs is 1. The number of hydrogen-bond acceptors (Lipinski definition) is 5. The zero-order valence-electron chi connectivity index (χ0n) is 12.3. The van der Waals surface area contributed by atoms with Crippen LogP contribution in [-0.4, -0.2) is 51.7 Å². The minimum atomic E-state index is -3.20. The van der Waals surface area contributed by atoms with Gasteiger partial charge < -0.3 is 10.2 Å². The highest BCUT2D eigenvalue weighted by atomic mass is 32.2. The molecule has 0 atom stereocenters. The molecule has 0 radical (unpaired) electrons. The Kier molecular flexibility index (Phi) is 4.20. The maximum absolute atomic E-state index is 12.8. The minimum Gasteiger partial charge on any atom is -0.335 e. The van der Waals surface area contributed by atoms with Gasteiger partial charge in [-0.1, -0.05) is 18.2 Å². The first-order valence-corrected chi connectivity index (χ1v) is 10.0. The van der Waals surface area contributed by atoms with Crippen molar-refractivity contribution in [1.82, 2.24) is 10.2 Å². The van der Waals surface area contributed by atoms with E-state index in [2.05, 4.69) is 5.32 Å². The lowest BCUT2D eigenvalue weighted by molar-refractivity contribution is 0.0740. The fourth-order valence-electron chi connectivity index (χ4n) is 2.69. The second kappa shape index (κ2) is 5.98. The predicted octanol–water partition coefficient (Wildman–Crippen LogP) is 1.49. The molecule has 1 saturated heterocycles. The van der Waals surface area contributed by atoms with E-state index in [1.807, 2.05) is 24.3 Å². The Balaban J connectivity index is 2.07. The Morgan fingerprint density at radius 1 is 1.27 bits per heavy atom. The van der Waals surface area contributed by atoms with Crippen LogP contribution in [0.4, 0.5) is 0 Å². The van der Waals surface area contributed by atoms with Crippen molar-refractivity contribution in [2.75, 3.05) is 32.4 Å². The van der Waals surface area contributed by atoms with Crippen molar-refractivity contribution in [2.45, 2.75) is 5.75 Å². The zero-order valence-corrected chi connectivity index (χ0v) is 14.0. The Hall–Kier alpha value is -1.44. The van der Waals surface area contributed by atoms with Gasteiger partial charge >= 0.3 is 0 Å². The summed E-state index contributed by atoms with van der Waals surface area (Å²) in [7, 11) is -3.20. The molecule has 0 unspecified atom stereocenters. The number of piperazine rings is 1. The molecule has 1 aromatic carbocycles. The highest BCUT2D eigenvalue weighted by Crippen LogP contribution is 2.33. The van der Waals surface area contributed by atoms with Crippen molar-refractivity contribution >= 4 is 37.2 Å². The smallest absolute Gasteiger partial charge is 0.264 e. The van der Waals surface area contributed by atoms with E-state index in [-0.39, 0.29) is 11.7 Å². The maximum atomic E-state index is 12.8. The molecular weight excluding hydrogens is 320 g/mol. The molecule has 1 aromatic heterocycles. The van der Waals surface area contributed by atoms with Crippen molar-refractivity contribution in [3.8, 4) is 0 Å². The molecule has 1 aliphatic rings. The van der Waals surface area contributed by atoms with Crippen LogP contribution in [0.1, 0.15) is 15.2 Å². The Labute approximate surface area is 133 Å². The van der Waals surface area contributed by atoms with Crippen molar-refractivity contribution in [3.05, 3.63) is 34.7 Å². The number of nitrogens with zero attached hydrogens (tertiary/aromatic N) is 1. The summed E-state index contributed by atoms with van der Waals surface area (Å²) in [6.45, 7) is 2.87. The number of carbonyl (C=O) groups excluding carboxylic acids is 1. The third-order valence-corrected chi connectivity index (χ3v) is 5.72. The fourth-order valence-corrected chi connectivity index (χ4v) is 4.79. The normalized spacial score (nSPS) is 16.1. The van der Waals surface area contributed by atoms with E-state index in [1.54, 1.807) is 4.90 Å². The van der Waals surface area contributed by atoms with Crippen LogP contribution in [0.25, 0.3) is 10.1 Å². The van der Waals surface area contributed by atoms with Crippen LogP contribution in [-0.2, 0) is 15.6 Å². The molecule has 7 heteroatoms. The Morgan fingerprint density at radius 3 is 2.64 bits per heavy atom. The molecule has 0 aliphatic carbocycles. The highest BCUT2D eigenvalue weighted by Gasteiger charge is 2.25. The van der Waals surface area contributed by atoms with E-state index in [1.165, 1.54) is 17.6 Å². The van der Waals surface area contributed by atoms with E-state index in [4.69, 9.17) is 0 Å². The van der Waals surface area contributed by atoms with E-state index in [0.717, 1.165) is 23.2 Å². The Morgan fingerprint density at radius 2 is 1.95 bits per heavy atom.